The topological polar surface area (TPSA) is 45.2 Å². The van der Waals surface area contributed by atoms with Crippen molar-refractivity contribution in [2.45, 2.75) is 20.4 Å². The molecule has 0 saturated heterocycles. The van der Waals surface area contributed by atoms with E-state index < -0.39 is 0 Å². The summed E-state index contributed by atoms with van der Waals surface area (Å²) in [6.07, 6.45) is 0. The molecule has 0 bridgehead atoms. The average molecular weight is 234 g/mol. The lowest BCUT2D eigenvalue weighted by molar-refractivity contribution is 0.477. The molecule has 16 heavy (non-hydrogen) atoms. The summed E-state index contributed by atoms with van der Waals surface area (Å²) in [7, 11) is 0. The summed E-state index contributed by atoms with van der Waals surface area (Å²) in [6, 6.07) is 7.24. The van der Waals surface area contributed by atoms with Gasteiger partial charge in [0.2, 0.25) is 0 Å². The number of nitrogens with one attached hydrogen (secondary N) is 1. The maximum atomic E-state index is 9.59. The third-order valence-electron chi connectivity index (χ3n) is 2.34. The lowest BCUT2D eigenvalue weighted by Gasteiger charge is -2.06. The van der Waals surface area contributed by atoms with Crippen molar-refractivity contribution < 1.29 is 5.11 Å². The van der Waals surface area contributed by atoms with Gasteiger partial charge in [-0.05, 0) is 26.0 Å². The summed E-state index contributed by atoms with van der Waals surface area (Å²) in [6.45, 7) is 4.71. The molecule has 4 heteroatoms. The molecule has 0 unspecified atom stereocenters. The van der Waals surface area contributed by atoms with Gasteiger partial charge in [-0.3, -0.25) is 0 Å². The lowest BCUT2D eigenvalue weighted by Crippen LogP contribution is -1.98. The van der Waals surface area contributed by atoms with Gasteiger partial charge >= 0.3 is 0 Å². The molecule has 0 aliphatic carbocycles. The molecule has 0 aliphatic heterocycles. The SMILES string of the molecule is Cc1nc(C)c(CNc2ccccc2O)s1. The Morgan fingerprint density at radius 3 is 2.69 bits per heavy atom. The van der Waals surface area contributed by atoms with Gasteiger partial charge in [0.05, 0.1) is 22.9 Å². The molecule has 0 fully saturated rings. The smallest absolute Gasteiger partial charge is 0.138 e. The Hall–Kier alpha value is -1.55. The lowest BCUT2D eigenvalue weighted by atomic mass is 10.3. The second kappa shape index (κ2) is 4.53. The van der Waals surface area contributed by atoms with Crippen molar-refractivity contribution in [2.75, 3.05) is 5.32 Å². The highest BCUT2D eigenvalue weighted by molar-refractivity contribution is 7.11. The van der Waals surface area contributed by atoms with Crippen LogP contribution in [0.3, 0.4) is 0 Å². The molecule has 1 aromatic heterocycles. The summed E-state index contributed by atoms with van der Waals surface area (Å²) < 4.78 is 0. The molecule has 3 nitrogen and oxygen atoms in total. The molecule has 0 radical (unpaired) electrons. The number of para-hydroxylation sites is 2. The van der Waals surface area contributed by atoms with Gasteiger partial charge in [-0.1, -0.05) is 12.1 Å². The van der Waals surface area contributed by atoms with E-state index in [0.717, 1.165) is 16.4 Å². The van der Waals surface area contributed by atoms with Gasteiger partial charge in [0.1, 0.15) is 5.75 Å². The van der Waals surface area contributed by atoms with Crippen molar-refractivity contribution in [3.05, 3.63) is 39.8 Å². The summed E-state index contributed by atoms with van der Waals surface area (Å²) in [5.74, 6) is 0.279. The Kier molecular flexibility index (Phi) is 3.10. The molecule has 0 amide bonds. The number of hydrogen-bond acceptors (Lipinski definition) is 4. The van der Waals surface area contributed by atoms with Crippen LogP contribution in [0.5, 0.6) is 5.75 Å². The van der Waals surface area contributed by atoms with E-state index >= 15 is 0 Å². The van der Waals surface area contributed by atoms with Crippen molar-refractivity contribution in [2.24, 2.45) is 0 Å². The number of nitrogens with zero attached hydrogens (tertiary/aromatic N) is 1. The molecule has 1 aromatic carbocycles. The van der Waals surface area contributed by atoms with Gasteiger partial charge in [0.15, 0.2) is 0 Å². The van der Waals surface area contributed by atoms with Gasteiger partial charge in [-0.2, -0.15) is 0 Å². The number of hydrogen-bond donors (Lipinski definition) is 2. The first-order valence-corrected chi connectivity index (χ1v) is 5.93. The van der Waals surface area contributed by atoms with Crippen LogP contribution in [-0.4, -0.2) is 10.1 Å². The zero-order chi connectivity index (χ0) is 11.5. The molecule has 0 saturated carbocycles. The van der Waals surface area contributed by atoms with Crippen LogP contribution in [-0.2, 0) is 6.54 Å². The van der Waals surface area contributed by atoms with Gasteiger partial charge in [-0.25, -0.2) is 4.98 Å². The Bertz CT molecular complexity index is 494. The van der Waals surface area contributed by atoms with Gasteiger partial charge in [0.25, 0.3) is 0 Å². The maximum Gasteiger partial charge on any atom is 0.138 e. The van der Waals surface area contributed by atoms with E-state index in [4.69, 9.17) is 0 Å². The van der Waals surface area contributed by atoms with Crippen LogP contribution < -0.4 is 5.32 Å². The Morgan fingerprint density at radius 1 is 1.31 bits per heavy atom. The van der Waals surface area contributed by atoms with Crippen molar-refractivity contribution in [3.63, 3.8) is 0 Å². The predicted octanol–water partition coefficient (Wildman–Crippen LogP) is 3.08. The number of rotatable bonds is 3. The second-order valence-electron chi connectivity index (χ2n) is 3.61. The number of phenols is 1. The predicted molar refractivity (Wildman–Crippen MR) is 67.0 cm³/mol. The Morgan fingerprint density at radius 2 is 2.06 bits per heavy atom. The van der Waals surface area contributed by atoms with E-state index in [1.807, 2.05) is 32.0 Å². The van der Waals surface area contributed by atoms with Gasteiger partial charge in [-0.15, -0.1) is 11.3 Å². The standard InChI is InChI=1S/C12H14N2OS/c1-8-12(16-9(2)14-8)7-13-10-5-3-4-6-11(10)15/h3-6,13,15H,7H2,1-2H3. The van der Waals surface area contributed by atoms with Crippen molar-refractivity contribution in [3.8, 4) is 5.75 Å². The van der Waals surface area contributed by atoms with E-state index in [2.05, 4.69) is 10.3 Å². The number of aromatic hydroxyl groups is 1. The van der Waals surface area contributed by atoms with E-state index in [0.29, 0.717) is 6.54 Å². The number of aryl methyl sites for hydroxylation is 2. The number of anilines is 1. The van der Waals surface area contributed by atoms with E-state index in [-0.39, 0.29) is 5.75 Å². The van der Waals surface area contributed by atoms with Crippen LogP contribution in [0, 0.1) is 13.8 Å². The molecule has 2 rings (SSSR count). The monoisotopic (exact) mass is 234 g/mol. The van der Waals surface area contributed by atoms with Crippen LogP contribution in [0.4, 0.5) is 5.69 Å². The van der Waals surface area contributed by atoms with Crippen LogP contribution >= 0.6 is 11.3 Å². The Balaban J connectivity index is 2.08. The molecular weight excluding hydrogens is 220 g/mol. The summed E-state index contributed by atoms with van der Waals surface area (Å²) >= 11 is 1.68. The number of benzene rings is 1. The molecule has 0 atom stereocenters. The Labute approximate surface area is 98.8 Å². The molecule has 84 valence electrons. The van der Waals surface area contributed by atoms with E-state index in [1.54, 1.807) is 17.4 Å². The highest BCUT2D eigenvalue weighted by atomic mass is 32.1. The first-order chi connectivity index (χ1) is 7.66. The minimum absolute atomic E-state index is 0.279. The number of aromatic nitrogens is 1. The minimum atomic E-state index is 0.279. The largest absolute Gasteiger partial charge is 0.506 e. The molecular formula is C12H14N2OS. The van der Waals surface area contributed by atoms with Crippen LogP contribution in [0.1, 0.15) is 15.6 Å². The van der Waals surface area contributed by atoms with Gasteiger partial charge < -0.3 is 10.4 Å². The van der Waals surface area contributed by atoms with Crippen molar-refractivity contribution >= 4 is 17.0 Å². The van der Waals surface area contributed by atoms with Crippen LogP contribution in [0.25, 0.3) is 0 Å². The summed E-state index contributed by atoms with van der Waals surface area (Å²) in [4.78, 5) is 5.57. The second-order valence-corrected chi connectivity index (χ2v) is 4.90. The molecule has 2 aromatic rings. The third kappa shape index (κ3) is 2.33. The first-order valence-electron chi connectivity index (χ1n) is 5.11. The fraction of sp³-hybridized carbons (Fsp3) is 0.250. The average Bonchev–Trinajstić information content (AvgIpc) is 2.56. The molecule has 0 aliphatic rings. The summed E-state index contributed by atoms with van der Waals surface area (Å²) in [5.41, 5.74) is 1.82. The van der Waals surface area contributed by atoms with Crippen LogP contribution in [0.15, 0.2) is 24.3 Å². The normalized spacial score (nSPS) is 10.4. The quantitative estimate of drug-likeness (QED) is 0.802. The highest BCUT2D eigenvalue weighted by Crippen LogP contribution is 2.24. The van der Waals surface area contributed by atoms with Crippen molar-refractivity contribution in [1.82, 2.24) is 4.98 Å². The van der Waals surface area contributed by atoms with Crippen LogP contribution in [0.2, 0.25) is 0 Å². The zero-order valence-corrected chi connectivity index (χ0v) is 10.1. The first kappa shape index (κ1) is 11.0. The molecule has 1 heterocycles. The summed E-state index contributed by atoms with van der Waals surface area (Å²) in [5, 5.41) is 13.9. The van der Waals surface area contributed by atoms with Crippen molar-refractivity contribution in [1.29, 1.82) is 0 Å². The highest BCUT2D eigenvalue weighted by Gasteiger charge is 2.05. The maximum absolute atomic E-state index is 9.59. The number of thiazole rings is 1. The van der Waals surface area contributed by atoms with Gasteiger partial charge in [0, 0.05) is 4.88 Å². The third-order valence-corrected chi connectivity index (χ3v) is 3.42. The minimum Gasteiger partial charge on any atom is -0.506 e. The molecule has 0 spiro atoms. The van der Waals surface area contributed by atoms with E-state index in [1.165, 1.54) is 4.88 Å². The molecule has 2 N–H and O–H groups in total. The van der Waals surface area contributed by atoms with E-state index in [9.17, 15) is 5.11 Å². The fourth-order valence-electron chi connectivity index (χ4n) is 1.54. The number of phenolic OH excluding ortho intramolecular Hbond substituents is 1. The zero-order valence-electron chi connectivity index (χ0n) is 9.32. The fourth-order valence-corrected chi connectivity index (χ4v) is 2.41.